The summed E-state index contributed by atoms with van der Waals surface area (Å²) in [6.45, 7) is 0.278. The van der Waals surface area contributed by atoms with E-state index in [1.54, 1.807) is 13.3 Å². The molecule has 1 aromatic heterocycles. The molecular weight excluding hydrogens is 416 g/mol. The minimum absolute atomic E-state index is 0.278. The Kier molecular flexibility index (Phi) is 6.50. The van der Waals surface area contributed by atoms with E-state index in [0.29, 0.717) is 5.82 Å². The van der Waals surface area contributed by atoms with Gasteiger partial charge in [0.1, 0.15) is 11.6 Å². The van der Waals surface area contributed by atoms with Gasteiger partial charge in [-0.2, -0.15) is 5.10 Å². The van der Waals surface area contributed by atoms with Gasteiger partial charge in [-0.15, -0.1) is 0 Å². The number of nitrogens with zero attached hydrogens (tertiary/aromatic N) is 3. The Bertz CT molecular complexity index is 1370. The van der Waals surface area contributed by atoms with Gasteiger partial charge in [-0.3, -0.25) is 19.4 Å². The fourth-order valence-electron chi connectivity index (χ4n) is 3.39. The maximum absolute atomic E-state index is 12.8. The van der Waals surface area contributed by atoms with Crippen LogP contribution in [0.5, 0.6) is 5.75 Å². The molecule has 0 unspecified atom stereocenters. The number of anilines is 1. The molecule has 0 fully saturated rings. The van der Waals surface area contributed by atoms with E-state index in [1.807, 2.05) is 66.7 Å². The highest BCUT2D eigenvalue weighted by Gasteiger charge is 2.10. The van der Waals surface area contributed by atoms with Crippen molar-refractivity contribution in [1.82, 2.24) is 9.13 Å². The van der Waals surface area contributed by atoms with E-state index in [0.717, 1.165) is 32.6 Å². The normalized spacial score (nSPS) is 11.0. The van der Waals surface area contributed by atoms with E-state index < -0.39 is 11.2 Å². The zero-order valence-electron chi connectivity index (χ0n) is 18.4. The highest BCUT2D eigenvalue weighted by atomic mass is 16.5. The molecule has 0 spiro atoms. The molecule has 0 atom stereocenters. The number of ether oxygens (including phenoxy) is 1. The predicted molar refractivity (Wildman–Crippen MR) is 131 cm³/mol. The summed E-state index contributed by atoms with van der Waals surface area (Å²) < 4.78 is 7.73. The Morgan fingerprint density at radius 3 is 2.24 bits per heavy atom. The third kappa shape index (κ3) is 5.10. The van der Waals surface area contributed by atoms with E-state index in [-0.39, 0.29) is 6.54 Å². The molecule has 0 radical (unpaired) electrons. The smallest absolute Gasteiger partial charge is 0.332 e. The first-order valence-electron chi connectivity index (χ1n) is 10.4. The van der Waals surface area contributed by atoms with Crippen LogP contribution in [-0.2, 0) is 13.6 Å². The second-order valence-electron chi connectivity index (χ2n) is 7.50. The molecule has 0 aliphatic heterocycles. The lowest BCUT2D eigenvalue weighted by atomic mass is 10.0. The van der Waals surface area contributed by atoms with Gasteiger partial charge in [0, 0.05) is 13.1 Å². The summed E-state index contributed by atoms with van der Waals surface area (Å²) in [6.07, 6.45) is 1.65. The van der Waals surface area contributed by atoms with Gasteiger partial charge in [-0.1, -0.05) is 66.7 Å². The van der Waals surface area contributed by atoms with Crippen LogP contribution in [0.15, 0.2) is 99.6 Å². The minimum Gasteiger partial charge on any atom is -0.497 e. The molecular formula is C26H24N4O3. The fraction of sp³-hybridized carbons (Fsp3) is 0.115. The average molecular weight is 441 g/mol. The summed E-state index contributed by atoms with van der Waals surface area (Å²) in [5.41, 5.74) is 6.05. The first kappa shape index (κ1) is 21.8. The van der Waals surface area contributed by atoms with Gasteiger partial charge in [0.15, 0.2) is 0 Å². The number of methoxy groups -OCH3 is 1. The summed E-state index contributed by atoms with van der Waals surface area (Å²) in [7, 11) is 3.05. The third-order valence-electron chi connectivity index (χ3n) is 5.31. The molecule has 1 heterocycles. The van der Waals surface area contributed by atoms with E-state index >= 15 is 0 Å². The molecule has 0 amide bonds. The topological polar surface area (TPSA) is 77.6 Å². The Balaban J connectivity index is 1.55. The second kappa shape index (κ2) is 9.82. The number of nitrogens with one attached hydrogen (secondary N) is 1. The maximum Gasteiger partial charge on any atom is 0.332 e. The van der Waals surface area contributed by atoms with Crippen LogP contribution in [0.25, 0.3) is 11.1 Å². The van der Waals surface area contributed by atoms with Crippen molar-refractivity contribution in [2.45, 2.75) is 6.54 Å². The van der Waals surface area contributed by atoms with E-state index in [1.165, 1.54) is 17.7 Å². The van der Waals surface area contributed by atoms with Crippen LogP contribution in [-0.4, -0.2) is 22.5 Å². The first-order valence-corrected chi connectivity index (χ1v) is 10.4. The number of rotatable bonds is 7. The lowest BCUT2D eigenvalue weighted by molar-refractivity contribution is 0.414. The zero-order valence-corrected chi connectivity index (χ0v) is 18.4. The number of hydrogen-bond donors (Lipinski definition) is 1. The highest BCUT2D eigenvalue weighted by Crippen LogP contribution is 2.19. The van der Waals surface area contributed by atoms with Crippen LogP contribution >= 0.6 is 0 Å². The number of benzene rings is 3. The van der Waals surface area contributed by atoms with Crippen molar-refractivity contribution in [2.24, 2.45) is 12.1 Å². The van der Waals surface area contributed by atoms with Gasteiger partial charge in [-0.25, -0.2) is 4.79 Å². The van der Waals surface area contributed by atoms with Crippen LogP contribution in [0, 0.1) is 0 Å². The molecule has 33 heavy (non-hydrogen) atoms. The second-order valence-corrected chi connectivity index (χ2v) is 7.50. The molecule has 4 rings (SSSR count). The van der Waals surface area contributed by atoms with Crippen LogP contribution in [0.1, 0.15) is 11.1 Å². The number of aromatic nitrogens is 2. The maximum atomic E-state index is 12.8. The van der Waals surface area contributed by atoms with E-state index in [9.17, 15) is 9.59 Å². The minimum atomic E-state index is -0.428. The van der Waals surface area contributed by atoms with Crippen LogP contribution in [0.3, 0.4) is 0 Å². The van der Waals surface area contributed by atoms with Crippen molar-refractivity contribution < 1.29 is 4.74 Å². The van der Waals surface area contributed by atoms with Crippen LogP contribution < -0.4 is 21.4 Å². The SMILES string of the molecule is COc1ccc(Cn2c(N/N=C\c3ccc(-c4ccccc4)cc3)cc(=O)n(C)c2=O)cc1. The quantitative estimate of drug-likeness (QED) is 0.351. The Morgan fingerprint density at radius 2 is 1.58 bits per heavy atom. The Labute approximate surface area is 191 Å². The van der Waals surface area contributed by atoms with E-state index in [2.05, 4.69) is 22.7 Å². The van der Waals surface area contributed by atoms with Gasteiger partial charge >= 0.3 is 5.69 Å². The molecule has 3 aromatic carbocycles. The van der Waals surface area contributed by atoms with Gasteiger partial charge < -0.3 is 4.74 Å². The summed E-state index contributed by atoms with van der Waals surface area (Å²) >= 11 is 0. The predicted octanol–water partition coefficient (Wildman–Crippen LogP) is 3.72. The molecule has 7 heteroatoms. The molecule has 1 N–H and O–H groups in total. The molecule has 0 bridgehead atoms. The van der Waals surface area contributed by atoms with Crippen molar-refractivity contribution in [2.75, 3.05) is 12.5 Å². The summed E-state index contributed by atoms with van der Waals surface area (Å²) in [4.78, 5) is 24.9. The molecule has 166 valence electrons. The lowest BCUT2D eigenvalue weighted by Crippen LogP contribution is -2.38. The van der Waals surface area contributed by atoms with Crippen molar-refractivity contribution in [3.05, 3.63) is 117 Å². The molecule has 0 saturated carbocycles. The van der Waals surface area contributed by atoms with E-state index in [4.69, 9.17) is 4.74 Å². The molecule has 4 aromatic rings. The van der Waals surface area contributed by atoms with Crippen LogP contribution in [0.2, 0.25) is 0 Å². The average Bonchev–Trinajstić information content (AvgIpc) is 2.86. The molecule has 0 saturated heterocycles. The lowest BCUT2D eigenvalue weighted by Gasteiger charge is -2.13. The van der Waals surface area contributed by atoms with Crippen molar-refractivity contribution in [3.63, 3.8) is 0 Å². The largest absolute Gasteiger partial charge is 0.497 e. The summed E-state index contributed by atoms with van der Waals surface area (Å²) in [6, 6.07) is 26.8. The first-order chi connectivity index (χ1) is 16.0. The standard InChI is InChI=1S/C26H24N4O3/c1-29-25(31)16-24(30(26(29)32)18-20-10-14-23(33-2)15-11-20)28-27-17-19-8-12-22(13-9-19)21-6-4-3-5-7-21/h3-17,28H,18H2,1-2H3/b27-17-. The van der Waals surface area contributed by atoms with Crippen LogP contribution in [0.4, 0.5) is 5.82 Å². The molecule has 0 aliphatic carbocycles. The monoisotopic (exact) mass is 440 g/mol. The zero-order chi connectivity index (χ0) is 23.2. The third-order valence-corrected chi connectivity index (χ3v) is 5.31. The summed E-state index contributed by atoms with van der Waals surface area (Å²) in [5.74, 6) is 1.05. The van der Waals surface area contributed by atoms with Crippen molar-refractivity contribution >= 4 is 12.0 Å². The number of hydrazone groups is 1. The van der Waals surface area contributed by atoms with Crippen molar-refractivity contribution in [3.8, 4) is 16.9 Å². The van der Waals surface area contributed by atoms with Gasteiger partial charge in [0.05, 0.1) is 19.9 Å². The van der Waals surface area contributed by atoms with Gasteiger partial charge in [0.25, 0.3) is 5.56 Å². The Hall–Kier alpha value is -4.39. The Morgan fingerprint density at radius 1 is 0.909 bits per heavy atom. The highest BCUT2D eigenvalue weighted by molar-refractivity contribution is 5.81. The summed E-state index contributed by atoms with van der Waals surface area (Å²) in [5, 5.41) is 4.25. The van der Waals surface area contributed by atoms with Crippen molar-refractivity contribution in [1.29, 1.82) is 0 Å². The number of hydrogen-bond acceptors (Lipinski definition) is 5. The van der Waals surface area contributed by atoms with Gasteiger partial charge in [0.2, 0.25) is 0 Å². The fourth-order valence-corrected chi connectivity index (χ4v) is 3.39. The molecule has 0 aliphatic rings. The van der Waals surface area contributed by atoms with Gasteiger partial charge in [-0.05, 0) is 34.4 Å². The molecule has 7 nitrogen and oxygen atoms in total.